The average molecular weight is 443 g/mol. The van der Waals surface area contributed by atoms with E-state index in [2.05, 4.69) is 10.2 Å². The summed E-state index contributed by atoms with van der Waals surface area (Å²) < 4.78 is 71.7. The highest BCUT2D eigenvalue weighted by atomic mass is 32.2. The van der Waals surface area contributed by atoms with Gasteiger partial charge in [0.1, 0.15) is 0 Å². The summed E-state index contributed by atoms with van der Waals surface area (Å²) in [6, 6.07) is 7.49. The highest BCUT2D eigenvalue weighted by molar-refractivity contribution is 7.89. The molecule has 11 heteroatoms. The van der Waals surface area contributed by atoms with Crippen LogP contribution in [0.25, 0.3) is 10.8 Å². The number of sulfonamides is 1. The van der Waals surface area contributed by atoms with Crippen molar-refractivity contribution >= 4 is 21.4 Å². The molecule has 1 saturated heterocycles. The number of alkyl halides is 3. The Morgan fingerprint density at radius 1 is 1.17 bits per heavy atom. The Morgan fingerprint density at radius 2 is 2.00 bits per heavy atom. The first-order valence-electron chi connectivity index (χ1n) is 8.80. The lowest BCUT2D eigenvalue weighted by molar-refractivity contribution is -0.137. The van der Waals surface area contributed by atoms with E-state index in [-0.39, 0.29) is 23.9 Å². The van der Waals surface area contributed by atoms with Gasteiger partial charge in [0.2, 0.25) is 15.9 Å². The van der Waals surface area contributed by atoms with Crippen molar-refractivity contribution in [1.82, 2.24) is 14.5 Å². The van der Waals surface area contributed by atoms with Gasteiger partial charge in [0.25, 0.3) is 5.89 Å². The van der Waals surface area contributed by atoms with E-state index in [1.54, 1.807) is 0 Å². The molecule has 3 aromatic rings. The molecule has 1 aromatic carbocycles. The van der Waals surface area contributed by atoms with Crippen LogP contribution in [0, 0.1) is 0 Å². The average Bonchev–Trinajstić information content (AvgIpc) is 3.39. The Balaban J connectivity index is 1.57. The largest absolute Gasteiger partial charge is 0.420 e. The molecule has 0 amide bonds. The van der Waals surface area contributed by atoms with E-state index in [1.807, 2.05) is 17.5 Å². The number of piperidine rings is 1. The van der Waals surface area contributed by atoms with Crippen LogP contribution in [0.5, 0.6) is 0 Å². The van der Waals surface area contributed by atoms with Crippen molar-refractivity contribution in [2.45, 2.75) is 29.8 Å². The standard InChI is InChI=1S/C18H16F3N3O3S2/c19-18(20,21)13-5-1-6-14(10-13)29(25,26)24-8-2-4-12(11-24)16-22-23-17(27-16)15-7-3-9-28-15/h1,3,5-7,9-10,12H,2,4,8,11H2. The lowest BCUT2D eigenvalue weighted by atomic mass is 10.00. The number of halogens is 3. The minimum Gasteiger partial charge on any atom is -0.420 e. The minimum atomic E-state index is -4.61. The first kappa shape index (κ1) is 20.0. The van der Waals surface area contributed by atoms with Gasteiger partial charge in [-0.2, -0.15) is 17.5 Å². The van der Waals surface area contributed by atoms with E-state index in [4.69, 9.17) is 4.42 Å². The molecule has 0 radical (unpaired) electrons. The third-order valence-corrected chi connectivity index (χ3v) is 7.42. The van der Waals surface area contributed by atoms with Crippen molar-refractivity contribution in [2.75, 3.05) is 13.1 Å². The molecule has 0 spiro atoms. The van der Waals surface area contributed by atoms with Crippen LogP contribution < -0.4 is 0 Å². The number of rotatable bonds is 4. The first-order chi connectivity index (χ1) is 13.7. The Morgan fingerprint density at radius 3 is 2.72 bits per heavy atom. The molecular formula is C18H16F3N3O3S2. The second kappa shape index (κ2) is 7.54. The van der Waals surface area contributed by atoms with Crippen molar-refractivity contribution in [3.05, 3.63) is 53.2 Å². The summed E-state index contributed by atoms with van der Waals surface area (Å²) in [4.78, 5) is 0.436. The summed E-state index contributed by atoms with van der Waals surface area (Å²) in [5.74, 6) is 0.385. The Bertz CT molecular complexity index is 1100. The molecule has 29 heavy (non-hydrogen) atoms. The molecule has 1 aliphatic heterocycles. The SMILES string of the molecule is O=S(=O)(c1cccc(C(F)(F)F)c1)N1CCCC(c2nnc(-c3cccs3)o2)C1. The highest BCUT2D eigenvalue weighted by Crippen LogP contribution is 2.34. The summed E-state index contributed by atoms with van der Waals surface area (Å²) in [5.41, 5.74) is -0.996. The van der Waals surface area contributed by atoms with Gasteiger partial charge in [-0.25, -0.2) is 8.42 Å². The number of hydrogen-bond acceptors (Lipinski definition) is 6. The van der Waals surface area contributed by atoms with Crippen molar-refractivity contribution in [2.24, 2.45) is 0 Å². The molecule has 1 unspecified atom stereocenters. The van der Waals surface area contributed by atoms with Gasteiger partial charge in [-0.3, -0.25) is 0 Å². The fourth-order valence-corrected chi connectivity index (χ4v) is 5.46. The van der Waals surface area contributed by atoms with Crippen LogP contribution in [0.2, 0.25) is 0 Å². The van der Waals surface area contributed by atoms with E-state index in [1.165, 1.54) is 21.7 Å². The summed E-state index contributed by atoms with van der Waals surface area (Å²) in [7, 11) is -4.08. The van der Waals surface area contributed by atoms with Crippen molar-refractivity contribution < 1.29 is 26.0 Å². The third kappa shape index (κ3) is 4.07. The molecule has 1 atom stereocenters. The number of thiophene rings is 1. The normalized spacial score (nSPS) is 18.8. The predicted octanol–water partition coefficient (Wildman–Crippen LogP) is 4.39. The van der Waals surface area contributed by atoms with Gasteiger partial charge in [-0.15, -0.1) is 21.5 Å². The highest BCUT2D eigenvalue weighted by Gasteiger charge is 2.36. The van der Waals surface area contributed by atoms with Crippen LogP contribution in [0.15, 0.2) is 51.1 Å². The van der Waals surface area contributed by atoms with Crippen LogP contribution in [-0.4, -0.2) is 36.0 Å². The zero-order valence-corrected chi connectivity index (χ0v) is 16.6. The smallest absolute Gasteiger partial charge is 0.416 e. The van der Waals surface area contributed by atoms with Crippen LogP contribution in [0.1, 0.15) is 30.2 Å². The predicted molar refractivity (Wildman–Crippen MR) is 99.8 cm³/mol. The molecule has 4 rings (SSSR count). The molecule has 0 N–H and O–H groups in total. The lowest BCUT2D eigenvalue weighted by Crippen LogP contribution is -2.39. The molecule has 0 saturated carbocycles. The van der Waals surface area contributed by atoms with E-state index < -0.39 is 21.8 Å². The first-order valence-corrected chi connectivity index (χ1v) is 11.1. The van der Waals surface area contributed by atoms with Crippen LogP contribution >= 0.6 is 11.3 Å². The Labute approximate surface area is 169 Å². The van der Waals surface area contributed by atoms with Crippen LogP contribution in [-0.2, 0) is 16.2 Å². The fraction of sp³-hybridized carbons (Fsp3) is 0.333. The molecule has 154 valence electrons. The quantitative estimate of drug-likeness (QED) is 0.598. The molecule has 3 heterocycles. The molecule has 2 aromatic heterocycles. The minimum absolute atomic E-state index is 0.0741. The number of nitrogens with zero attached hydrogens (tertiary/aromatic N) is 3. The second-order valence-corrected chi connectivity index (χ2v) is 9.54. The van der Waals surface area contributed by atoms with Crippen molar-refractivity contribution in [1.29, 1.82) is 0 Å². The lowest BCUT2D eigenvalue weighted by Gasteiger charge is -2.30. The molecular weight excluding hydrogens is 427 g/mol. The molecule has 1 fully saturated rings. The van der Waals surface area contributed by atoms with E-state index >= 15 is 0 Å². The van der Waals surface area contributed by atoms with Gasteiger partial charge >= 0.3 is 6.18 Å². The molecule has 0 bridgehead atoms. The van der Waals surface area contributed by atoms with Gasteiger partial charge in [-0.05, 0) is 42.5 Å². The zero-order chi connectivity index (χ0) is 20.6. The summed E-state index contributed by atoms with van der Waals surface area (Å²) in [6.45, 7) is 0.297. The van der Waals surface area contributed by atoms with Gasteiger partial charge in [-0.1, -0.05) is 12.1 Å². The second-order valence-electron chi connectivity index (χ2n) is 6.65. The van der Waals surface area contributed by atoms with Crippen molar-refractivity contribution in [3.8, 4) is 10.8 Å². The number of benzene rings is 1. The van der Waals surface area contributed by atoms with Crippen LogP contribution in [0.4, 0.5) is 13.2 Å². The van der Waals surface area contributed by atoms with E-state index in [9.17, 15) is 21.6 Å². The topological polar surface area (TPSA) is 76.3 Å². The summed E-state index contributed by atoms with van der Waals surface area (Å²) in [6.07, 6.45) is -3.42. The van der Waals surface area contributed by atoms with E-state index in [0.717, 1.165) is 17.0 Å². The molecule has 1 aliphatic rings. The fourth-order valence-electron chi connectivity index (χ4n) is 3.24. The molecule has 6 nitrogen and oxygen atoms in total. The van der Waals surface area contributed by atoms with Gasteiger partial charge < -0.3 is 4.42 Å². The summed E-state index contributed by atoms with van der Waals surface area (Å²) in [5, 5.41) is 9.95. The maximum Gasteiger partial charge on any atom is 0.416 e. The third-order valence-electron chi connectivity index (χ3n) is 4.71. The van der Waals surface area contributed by atoms with Gasteiger partial charge in [0.15, 0.2) is 0 Å². The molecule has 0 aliphatic carbocycles. The maximum absolute atomic E-state index is 13.0. The summed E-state index contributed by atoms with van der Waals surface area (Å²) >= 11 is 1.45. The monoisotopic (exact) mass is 443 g/mol. The number of hydrogen-bond donors (Lipinski definition) is 0. The van der Waals surface area contributed by atoms with E-state index in [0.29, 0.717) is 30.7 Å². The Hall–Kier alpha value is -2.24. The number of aromatic nitrogens is 2. The maximum atomic E-state index is 13.0. The van der Waals surface area contributed by atoms with Gasteiger partial charge in [0, 0.05) is 13.1 Å². The van der Waals surface area contributed by atoms with Gasteiger partial charge in [0.05, 0.1) is 21.3 Å². The Kier molecular flexibility index (Phi) is 5.21. The van der Waals surface area contributed by atoms with Crippen molar-refractivity contribution in [3.63, 3.8) is 0 Å². The zero-order valence-electron chi connectivity index (χ0n) is 15.0. The van der Waals surface area contributed by atoms with Crippen LogP contribution in [0.3, 0.4) is 0 Å².